The molecule has 2 aliphatic heterocycles. The van der Waals surface area contributed by atoms with Gasteiger partial charge >= 0.3 is 0 Å². The number of amides is 4. The van der Waals surface area contributed by atoms with Gasteiger partial charge in [-0.1, -0.05) is 44.2 Å². The van der Waals surface area contributed by atoms with Gasteiger partial charge in [0.05, 0.1) is 24.5 Å². The van der Waals surface area contributed by atoms with E-state index in [2.05, 4.69) is 31.2 Å². The normalized spacial score (nSPS) is 21.8. The molecule has 0 aliphatic carbocycles. The Morgan fingerprint density at radius 1 is 0.956 bits per heavy atom. The van der Waals surface area contributed by atoms with Crippen molar-refractivity contribution < 1.29 is 19.2 Å². The van der Waals surface area contributed by atoms with E-state index in [1.165, 1.54) is 22.7 Å². The average Bonchev–Trinajstić information content (AvgIpc) is 3.72. The predicted molar refractivity (Wildman–Crippen MR) is 177 cm³/mol. The van der Waals surface area contributed by atoms with Crippen molar-refractivity contribution in [1.82, 2.24) is 36.1 Å². The summed E-state index contributed by atoms with van der Waals surface area (Å²) in [6.45, 7) is 5.95. The highest BCUT2D eigenvalue weighted by Gasteiger charge is 2.30. The molecule has 5 rings (SSSR count). The maximum Gasteiger partial charge on any atom is 0.271 e. The van der Waals surface area contributed by atoms with Gasteiger partial charge in [-0.05, 0) is 43.7 Å². The van der Waals surface area contributed by atoms with Crippen molar-refractivity contribution in [2.75, 3.05) is 32.7 Å². The van der Waals surface area contributed by atoms with E-state index in [0.29, 0.717) is 42.5 Å². The Morgan fingerprint density at radius 2 is 1.67 bits per heavy atom. The third-order valence-electron chi connectivity index (χ3n) is 7.83. The minimum absolute atomic E-state index is 0. The van der Waals surface area contributed by atoms with E-state index in [4.69, 9.17) is 0 Å². The number of hydrogen-bond acceptors (Lipinski definition) is 9. The predicted octanol–water partition coefficient (Wildman–Crippen LogP) is 3.51. The molecular formula is C31H40ClN7O4S2. The van der Waals surface area contributed by atoms with Crippen molar-refractivity contribution >= 4 is 58.7 Å². The third kappa shape index (κ3) is 9.09. The van der Waals surface area contributed by atoms with Gasteiger partial charge in [-0.15, -0.1) is 35.1 Å². The zero-order valence-electron chi connectivity index (χ0n) is 25.4. The number of halogens is 1. The Hall–Kier alpha value is -3.39. The lowest BCUT2D eigenvalue weighted by Gasteiger charge is -2.30. The zero-order chi connectivity index (χ0) is 31.1. The molecule has 14 heteroatoms. The average molecular weight is 674 g/mol. The second kappa shape index (κ2) is 16.3. The van der Waals surface area contributed by atoms with Crippen LogP contribution in [-0.2, 0) is 16.0 Å². The van der Waals surface area contributed by atoms with E-state index in [9.17, 15) is 19.2 Å². The number of fused-ring (bicyclic) bond motifs is 4. The van der Waals surface area contributed by atoms with Crippen molar-refractivity contribution in [2.24, 2.45) is 11.8 Å². The van der Waals surface area contributed by atoms with Crippen LogP contribution in [0, 0.1) is 11.8 Å². The Balaban J connectivity index is 0.00000461. The van der Waals surface area contributed by atoms with Crippen LogP contribution in [0.15, 0.2) is 41.1 Å². The number of thiazole rings is 2. The van der Waals surface area contributed by atoms with E-state index in [-0.39, 0.29) is 65.8 Å². The summed E-state index contributed by atoms with van der Waals surface area (Å²) in [5.74, 6) is -1.23. The number of benzene rings is 1. The summed E-state index contributed by atoms with van der Waals surface area (Å²) in [4.78, 5) is 64.2. The standard InChI is InChI=1S/C31H39N7O4S2.ClH/c1-19(2)26-30-36-23(17-44-30)27(40)33-12-7-13-38(31(42)21-10-6-11-32-15-21)16-25(39)34-22(14-20-8-4-3-5-9-20)29-35-24(18-43-29)28(41)37-26;/h3-5,8-9,17-19,21-22,26,32H,6-7,10-16H2,1-2H3,(H,33,40)(H,34,39)(H,37,41);1H/t21-,22?,26+;/m1./s1. The molecule has 4 N–H and O–H groups in total. The van der Waals surface area contributed by atoms with Crippen molar-refractivity contribution in [3.63, 3.8) is 0 Å². The summed E-state index contributed by atoms with van der Waals surface area (Å²) >= 11 is 2.64. The first kappa shape index (κ1) is 34.5. The van der Waals surface area contributed by atoms with Crippen LogP contribution in [0.25, 0.3) is 0 Å². The Bertz CT molecular complexity index is 1460. The van der Waals surface area contributed by atoms with Crippen molar-refractivity contribution in [2.45, 2.75) is 51.6 Å². The van der Waals surface area contributed by atoms with E-state index < -0.39 is 12.1 Å². The number of nitrogens with zero attached hydrogens (tertiary/aromatic N) is 3. The summed E-state index contributed by atoms with van der Waals surface area (Å²) in [6, 6.07) is 8.88. The van der Waals surface area contributed by atoms with Crippen molar-refractivity contribution in [1.29, 1.82) is 0 Å². The van der Waals surface area contributed by atoms with Gasteiger partial charge in [0.25, 0.3) is 11.8 Å². The monoisotopic (exact) mass is 673 g/mol. The fraction of sp³-hybridized carbons (Fsp3) is 0.484. The van der Waals surface area contributed by atoms with Crippen LogP contribution >= 0.6 is 35.1 Å². The molecule has 0 radical (unpaired) electrons. The van der Waals surface area contributed by atoms with Gasteiger partial charge in [-0.25, -0.2) is 9.97 Å². The molecule has 4 bridgehead atoms. The number of carbonyl (C=O) groups is 4. The highest BCUT2D eigenvalue weighted by Crippen LogP contribution is 2.27. The maximum atomic E-state index is 13.6. The molecule has 2 aromatic heterocycles. The van der Waals surface area contributed by atoms with Crippen LogP contribution in [0.1, 0.15) is 81.7 Å². The molecule has 11 nitrogen and oxygen atoms in total. The summed E-state index contributed by atoms with van der Waals surface area (Å²) in [7, 11) is 0. The summed E-state index contributed by atoms with van der Waals surface area (Å²) in [5.41, 5.74) is 1.54. The highest BCUT2D eigenvalue weighted by molar-refractivity contribution is 7.10. The Labute approximate surface area is 277 Å². The molecule has 4 amide bonds. The van der Waals surface area contributed by atoms with Crippen molar-refractivity contribution in [3.8, 4) is 0 Å². The quantitative estimate of drug-likeness (QED) is 0.332. The third-order valence-corrected chi connectivity index (χ3v) is 9.71. The smallest absolute Gasteiger partial charge is 0.271 e. The lowest BCUT2D eigenvalue weighted by atomic mass is 9.98. The molecule has 1 unspecified atom stereocenters. The number of piperidine rings is 1. The molecular weight excluding hydrogens is 634 g/mol. The molecule has 3 aromatic rings. The Morgan fingerprint density at radius 3 is 2.38 bits per heavy atom. The first-order valence-electron chi connectivity index (χ1n) is 15.1. The lowest BCUT2D eigenvalue weighted by Crippen LogP contribution is -2.48. The van der Waals surface area contributed by atoms with E-state index in [1.54, 1.807) is 15.7 Å². The summed E-state index contributed by atoms with van der Waals surface area (Å²) in [6.07, 6.45) is 2.63. The first-order valence-corrected chi connectivity index (χ1v) is 16.9. The SMILES string of the molecule is CC(C)[C@@H]1NC(=O)c2csc(n2)C(Cc2ccccc2)NC(=O)CN(C(=O)[C@@H]2CCCNC2)CCCNC(=O)c2csc1n2.Cl. The fourth-order valence-corrected chi connectivity index (χ4v) is 7.30. The molecule has 242 valence electrons. The molecule has 0 saturated carbocycles. The van der Waals surface area contributed by atoms with Crippen molar-refractivity contribution in [3.05, 3.63) is 68.1 Å². The molecule has 2 aliphatic rings. The van der Waals surface area contributed by atoms with Crippen LogP contribution in [0.4, 0.5) is 0 Å². The second-order valence-corrected chi connectivity index (χ2v) is 13.3. The highest BCUT2D eigenvalue weighted by atomic mass is 35.5. The Kier molecular flexibility index (Phi) is 12.5. The topological polar surface area (TPSA) is 145 Å². The number of hydrogen-bond donors (Lipinski definition) is 4. The van der Waals surface area contributed by atoms with Crippen LogP contribution < -0.4 is 21.3 Å². The molecule has 0 spiro atoms. The maximum absolute atomic E-state index is 13.6. The van der Waals surface area contributed by atoms with Gasteiger partial charge < -0.3 is 26.2 Å². The van der Waals surface area contributed by atoms with Crippen LogP contribution in [0.5, 0.6) is 0 Å². The molecule has 4 heterocycles. The largest absolute Gasteiger partial charge is 0.351 e. The molecule has 3 atom stereocenters. The van der Waals surface area contributed by atoms with Gasteiger partial charge in [0, 0.05) is 30.4 Å². The first-order chi connectivity index (χ1) is 21.3. The minimum Gasteiger partial charge on any atom is -0.351 e. The molecule has 1 fully saturated rings. The van der Waals surface area contributed by atoms with Gasteiger partial charge in [0.15, 0.2) is 0 Å². The van der Waals surface area contributed by atoms with Crippen LogP contribution in [0.2, 0.25) is 0 Å². The lowest BCUT2D eigenvalue weighted by molar-refractivity contribution is -0.140. The van der Waals surface area contributed by atoms with E-state index in [0.717, 1.165) is 24.9 Å². The van der Waals surface area contributed by atoms with E-state index >= 15 is 0 Å². The van der Waals surface area contributed by atoms with Gasteiger partial charge in [-0.3, -0.25) is 19.2 Å². The number of nitrogens with one attached hydrogen (secondary N) is 4. The van der Waals surface area contributed by atoms with Gasteiger partial charge in [0.2, 0.25) is 11.8 Å². The van der Waals surface area contributed by atoms with Gasteiger partial charge in [-0.2, -0.15) is 0 Å². The zero-order valence-corrected chi connectivity index (χ0v) is 27.9. The fourth-order valence-electron chi connectivity index (χ4n) is 5.43. The number of aromatic nitrogens is 2. The van der Waals surface area contributed by atoms with Crippen LogP contribution in [0.3, 0.4) is 0 Å². The molecule has 45 heavy (non-hydrogen) atoms. The second-order valence-electron chi connectivity index (χ2n) is 11.6. The van der Waals surface area contributed by atoms with Gasteiger partial charge in [0.1, 0.15) is 21.4 Å². The molecule has 1 saturated heterocycles. The summed E-state index contributed by atoms with van der Waals surface area (Å²) < 4.78 is 0. The number of carbonyl (C=O) groups excluding carboxylic acids is 4. The molecule has 1 aromatic carbocycles. The minimum atomic E-state index is -0.492. The van der Waals surface area contributed by atoms with Crippen LogP contribution in [-0.4, -0.2) is 71.2 Å². The van der Waals surface area contributed by atoms with E-state index in [1.807, 2.05) is 44.2 Å². The summed E-state index contributed by atoms with van der Waals surface area (Å²) in [5, 5.41) is 16.9. The number of rotatable bonds is 4.